The second-order valence-electron chi connectivity index (χ2n) is 3.35. The molecule has 3 N–H and O–H groups in total. The molecule has 90 valence electrons. The molecule has 0 aromatic heterocycles. The third-order valence-corrected chi connectivity index (χ3v) is 2.86. The van der Waals surface area contributed by atoms with Gasteiger partial charge in [-0.2, -0.15) is 0 Å². The van der Waals surface area contributed by atoms with Crippen LogP contribution in [-0.2, 0) is 0 Å². The molecule has 0 radical (unpaired) electrons. The first-order valence-corrected chi connectivity index (χ1v) is 6.60. The number of allylic oxidation sites excluding steroid dienone is 4. The number of nitrogens with two attached hydrogens (primary N) is 1. The molecule has 1 heterocycles. The maximum absolute atomic E-state index is 6.11. The molecule has 0 aromatic carbocycles. The van der Waals surface area contributed by atoms with Gasteiger partial charge in [-0.05, 0) is 24.1 Å². The second-order valence-corrected chi connectivity index (χ2v) is 4.31. The van der Waals surface area contributed by atoms with Gasteiger partial charge in [0, 0.05) is 12.8 Å². The largest absolute Gasteiger partial charge is 0.397 e. The molecule has 0 saturated heterocycles. The van der Waals surface area contributed by atoms with Gasteiger partial charge in [0.1, 0.15) is 11.4 Å². The van der Waals surface area contributed by atoms with E-state index < -0.39 is 0 Å². The molecule has 2 aliphatic rings. The lowest BCUT2D eigenvalue weighted by atomic mass is 10.1. The highest BCUT2D eigenvalue weighted by Gasteiger charge is 2.20. The number of halogens is 1. The molecule has 0 atom stereocenters. The number of hydrogen-bond donors (Lipinski definition) is 2. The Bertz CT molecular complexity index is 475. The summed E-state index contributed by atoms with van der Waals surface area (Å²) in [5.74, 6) is 0.579. The lowest BCUT2D eigenvalue weighted by Crippen LogP contribution is -2.27. The molecule has 0 saturated carbocycles. The summed E-state index contributed by atoms with van der Waals surface area (Å²) in [6.45, 7) is 1.53. The average molecular weight is 270 g/mol. The zero-order chi connectivity index (χ0) is 12.3. The van der Waals surface area contributed by atoms with Crippen LogP contribution in [0.4, 0.5) is 0 Å². The van der Waals surface area contributed by atoms with Gasteiger partial charge in [0.25, 0.3) is 0 Å². The molecule has 0 fully saturated rings. The number of rotatable bonds is 1. The summed E-state index contributed by atoms with van der Waals surface area (Å²) >= 11 is 7.43. The Morgan fingerprint density at radius 1 is 1.47 bits per heavy atom. The molecule has 0 bridgehead atoms. The van der Waals surface area contributed by atoms with Crippen molar-refractivity contribution in [3.05, 3.63) is 22.9 Å². The normalized spacial score (nSPS) is 24.5. The monoisotopic (exact) mass is 269 g/mol. The van der Waals surface area contributed by atoms with Crippen LogP contribution in [-0.4, -0.2) is 36.7 Å². The van der Waals surface area contributed by atoms with Crippen LogP contribution in [0.1, 0.15) is 0 Å². The predicted octanol–water partition coefficient (Wildman–Crippen LogP) is 1.08. The zero-order valence-electron chi connectivity index (χ0n) is 9.27. The Balaban J connectivity index is 2.38. The zero-order valence-corrected chi connectivity index (χ0v) is 10.8. The van der Waals surface area contributed by atoms with Gasteiger partial charge < -0.3 is 11.1 Å². The van der Waals surface area contributed by atoms with E-state index in [-0.39, 0.29) is 0 Å². The van der Waals surface area contributed by atoms with Gasteiger partial charge in [0.15, 0.2) is 0 Å². The highest BCUT2D eigenvalue weighted by atomic mass is 35.5. The first kappa shape index (κ1) is 12.2. The number of guanidine groups is 1. The fraction of sp³-hybridized carbons (Fsp3) is 0.300. The van der Waals surface area contributed by atoms with Crippen LogP contribution in [0.3, 0.4) is 0 Å². The number of hydrogen-bond acceptors (Lipinski definition) is 6. The van der Waals surface area contributed by atoms with Gasteiger partial charge in [-0.15, -0.1) is 0 Å². The summed E-state index contributed by atoms with van der Waals surface area (Å²) in [5, 5.41) is 3.57. The van der Waals surface area contributed by atoms with Crippen LogP contribution in [0, 0.1) is 0 Å². The van der Waals surface area contributed by atoms with Gasteiger partial charge in [-0.1, -0.05) is 11.6 Å². The summed E-state index contributed by atoms with van der Waals surface area (Å²) in [6.07, 6.45) is 5.29. The van der Waals surface area contributed by atoms with Crippen LogP contribution < -0.4 is 11.1 Å². The molecule has 0 spiro atoms. The van der Waals surface area contributed by atoms with Crippen molar-refractivity contribution in [2.75, 3.05) is 19.3 Å². The quantitative estimate of drug-likeness (QED) is 0.553. The first-order valence-electron chi connectivity index (χ1n) is 5.04. The molecule has 0 aromatic rings. The maximum atomic E-state index is 6.11. The van der Waals surface area contributed by atoms with E-state index in [0.717, 1.165) is 13.1 Å². The molecule has 5 nitrogen and oxygen atoms in total. The fourth-order valence-electron chi connectivity index (χ4n) is 1.43. The minimum atomic E-state index is 0.517. The Morgan fingerprint density at radius 2 is 2.29 bits per heavy atom. The van der Waals surface area contributed by atoms with Crippen molar-refractivity contribution in [2.24, 2.45) is 20.1 Å². The van der Waals surface area contributed by atoms with E-state index in [1.165, 1.54) is 11.9 Å². The Morgan fingerprint density at radius 3 is 2.94 bits per heavy atom. The SMILES string of the molecule is CSN=C1C(N)=CC=C(Cl)C1=NC1=NCCN1. The topological polar surface area (TPSA) is 75.1 Å². The Kier molecular flexibility index (Phi) is 3.86. The van der Waals surface area contributed by atoms with Gasteiger partial charge in [0.2, 0.25) is 5.96 Å². The molecule has 1 aliphatic carbocycles. The van der Waals surface area contributed by atoms with Crippen molar-refractivity contribution in [1.29, 1.82) is 0 Å². The highest BCUT2D eigenvalue weighted by Crippen LogP contribution is 2.17. The third-order valence-electron chi connectivity index (χ3n) is 2.19. The minimum Gasteiger partial charge on any atom is -0.397 e. The Labute approximate surface area is 109 Å². The van der Waals surface area contributed by atoms with Crippen LogP contribution in [0.15, 0.2) is 37.3 Å². The van der Waals surface area contributed by atoms with Crippen molar-refractivity contribution in [3.63, 3.8) is 0 Å². The van der Waals surface area contributed by atoms with Crippen molar-refractivity contribution < 1.29 is 0 Å². The van der Waals surface area contributed by atoms with E-state index in [9.17, 15) is 0 Å². The molecule has 2 rings (SSSR count). The summed E-state index contributed by atoms with van der Waals surface area (Å²) in [6, 6.07) is 0. The molecule has 7 heteroatoms. The lowest BCUT2D eigenvalue weighted by molar-refractivity contribution is 0.957. The molecular formula is C10H12ClN5S. The standard InChI is InChI=1S/C10H12ClN5S/c1-17-16-9-7(12)3-2-6(11)8(9)15-10-13-4-5-14-10/h2-3H,4-5,12H2,1H3,(H,13,14). The predicted molar refractivity (Wildman–Crippen MR) is 74.9 cm³/mol. The number of nitrogens with one attached hydrogen (secondary N) is 1. The van der Waals surface area contributed by atoms with Crippen molar-refractivity contribution >= 4 is 40.9 Å². The first-order chi connectivity index (χ1) is 8.22. The van der Waals surface area contributed by atoms with E-state index in [1.807, 2.05) is 6.26 Å². The molecule has 1 aliphatic heterocycles. The molecular weight excluding hydrogens is 258 g/mol. The average Bonchev–Trinajstić information content (AvgIpc) is 2.81. The summed E-state index contributed by atoms with van der Waals surface area (Å²) < 4.78 is 4.24. The van der Waals surface area contributed by atoms with Crippen LogP contribution >= 0.6 is 23.5 Å². The van der Waals surface area contributed by atoms with Crippen LogP contribution in [0.25, 0.3) is 0 Å². The van der Waals surface area contributed by atoms with E-state index in [0.29, 0.717) is 28.1 Å². The number of nitrogens with zero attached hydrogens (tertiary/aromatic N) is 3. The van der Waals surface area contributed by atoms with E-state index in [4.69, 9.17) is 17.3 Å². The summed E-state index contributed by atoms with van der Waals surface area (Å²) in [4.78, 5) is 8.55. The smallest absolute Gasteiger partial charge is 0.218 e. The summed E-state index contributed by atoms with van der Waals surface area (Å²) in [7, 11) is 0. The van der Waals surface area contributed by atoms with Gasteiger partial charge in [-0.25, -0.2) is 14.4 Å². The number of aliphatic imine (C=N–C) groups is 2. The molecule has 17 heavy (non-hydrogen) atoms. The van der Waals surface area contributed by atoms with Crippen molar-refractivity contribution in [3.8, 4) is 0 Å². The highest BCUT2D eigenvalue weighted by molar-refractivity contribution is 7.97. The van der Waals surface area contributed by atoms with Gasteiger partial charge >= 0.3 is 0 Å². The third kappa shape index (κ3) is 2.70. The van der Waals surface area contributed by atoms with Crippen LogP contribution in [0.2, 0.25) is 0 Å². The molecule has 0 amide bonds. The lowest BCUT2D eigenvalue weighted by Gasteiger charge is -2.13. The summed E-state index contributed by atoms with van der Waals surface area (Å²) in [5.41, 5.74) is 7.58. The fourth-order valence-corrected chi connectivity index (χ4v) is 2.00. The van der Waals surface area contributed by atoms with Crippen molar-refractivity contribution in [1.82, 2.24) is 5.32 Å². The maximum Gasteiger partial charge on any atom is 0.218 e. The second kappa shape index (κ2) is 5.37. The minimum absolute atomic E-state index is 0.517. The van der Waals surface area contributed by atoms with E-state index in [2.05, 4.69) is 19.7 Å². The Hall–Kier alpha value is -1.27. The van der Waals surface area contributed by atoms with E-state index >= 15 is 0 Å². The van der Waals surface area contributed by atoms with E-state index in [1.54, 1.807) is 12.2 Å². The molecule has 0 unspecified atom stereocenters. The van der Waals surface area contributed by atoms with Crippen molar-refractivity contribution in [2.45, 2.75) is 0 Å². The van der Waals surface area contributed by atoms with Crippen LogP contribution in [0.5, 0.6) is 0 Å². The van der Waals surface area contributed by atoms with Gasteiger partial charge in [-0.3, -0.25) is 0 Å². The van der Waals surface area contributed by atoms with Gasteiger partial charge in [0.05, 0.1) is 17.3 Å².